The van der Waals surface area contributed by atoms with E-state index in [0.29, 0.717) is 5.69 Å². The van der Waals surface area contributed by atoms with Gasteiger partial charge >= 0.3 is 5.97 Å². The molecule has 0 aliphatic heterocycles. The highest BCUT2D eigenvalue weighted by molar-refractivity contribution is 7.89. The lowest BCUT2D eigenvalue weighted by Gasteiger charge is -2.23. The summed E-state index contributed by atoms with van der Waals surface area (Å²) < 4.78 is 27.7. The van der Waals surface area contributed by atoms with Gasteiger partial charge in [0, 0.05) is 11.6 Å². The van der Waals surface area contributed by atoms with E-state index in [4.69, 9.17) is 5.11 Å². The number of anilines is 1. The summed E-state index contributed by atoms with van der Waals surface area (Å²) in [6, 6.07) is 4.14. The predicted octanol–water partition coefficient (Wildman–Crippen LogP) is 2.67. The molecule has 6 nitrogen and oxygen atoms in total. The van der Waals surface area contributed by atoms with Crippen LogP contribution in [0.25, 0.3) is 0 Å². The third-order valence-electron chi connectivity index (χ3n) is 2.97. The molecule has 7 heteroatoms. The molecule has 0 heterocycles. The van der Waals surface area contributed by atoms with Crippen LogP contribution in [0.4, 0.5) is 5.69 Å². The molecule has 0 saturated heterocycles. The smallest absolute Gasteiger partial charge is 0.335 e. The number of sulfonamides is 1. The van der Waals surface area contributed by atoms with Gasteiger partial charge in [0.05, 0.1) is 11.3 Å². The molecule has 0 aromatic heterocycles. The molecule has 0 fully saturated rings. The Hall–Kier alpha value is -1.60. The first-order valence-electron chi connectivity index (χ1n) is 7.14. The van der Waals surface area contributed by atoms with Gasteiger partial charge in [-0.15, -0.1) is 0 Å². The van der Waals surface area contributed by atoms with Gasteiger partial charge in [-0.1, -0.05) is 6.92 Å². The number of rotatable bonds is 6. The van der Waals surface area contributed by atoms with E-state index in [1.807, 2.05) is 13.8 Å². The van der Waals surface area contributed by atoms with Crippen molar-refractivity contribution in [1.29, 1.82) is 0 Å². The maximum atomic E-state index is 12.6. The molecule has 0 aliphatic carbocycles. The Morgan fingerprint density at radius 3 is 2.36 bits per heavy atom. The molecule has 0 aliphatic rings. The van der Waals surface area contributed by atoms with Gasteiger partial charge in [-0.2, -0.15) is 0 Å². The van der Waals surface area contributed by atoms with E-state index in [1.54, 1.807) is 20.8 Å². The van der Waals surface area contributed by atoms with Gasteiger partial charge in [-0.25, -0.2) is 17.9 Å². The molecule has 0 bridgehead atoms. The molecule has 0 saturated carbocycles. The van der Waals surface area contributed by atoms with Crippen molar-refractivity contribution in [2.24, 2.45) is 0 Å². The molecule has 124 valence electrons. The second kappa shape index (κ2) is 6.66. The van der Waals surface area contributed by atoms with E-state index >= 15 is 0 Å². The second-order valence-corrected chi connectivity index (χ2v) is 7.98. The lowest BCUT2D eigenvalue weighted by atomic mass is 10.1. The van der Waals surface area contributed by atoms with Crippen molar-refractivity contribution >= 4 is 21.7 Å². The van der Waals surface area contributed by atoms with Gasteiger partial charge in [0.25, 0.3) is 0 Å². The maximum Gasteiger partial charge on any atom is 0.335 e. The van der Waals surface area contributed by atoms with Crippen molar-refractivity contribution in [1.82, 2.24) is 4.72 Å². The molecule has 1 unspecified atom stereocenters. The van der Waals surface area contributed by atoms with Crippen LogP contribution in [0.3, 0.4) is 0 Å². The molecule has 1 atom stereocenters. The van der Waals surface area contributed by atoms with E-state index < -0.39 is 21.5 Å². The quantitative estimate of drug-likeness (QED) is 0.746. The van der Waals surface area contributed by atoms with Crippen LogP contribution in [-0.2, 0) is 10.0 Å². The average Bonchev–Trinajstić information content (AvgIpc) is 2.35. The number of aromatic carboxylic acids is 1. The van der Waals surface area contributed by atoms with Crippen LogP contribution in [0.15, 0.2) is 23.1 Å². The summed E-state index contributed by atoms with van der Waals surface area (Å²) in [6.07, 6.45) is 0.812. The molecule has 0 spiro atoms. The van der Waals surface area contributed by atoms with Crippen LogP contribution in [-0.4, -0.2) is 31.1 Å². The Morgan fingerprint density at radius 2 is 1.91 bits per heavy atom. The van der Waals surface area contributed by atoms with Crippen LogP contribution >= 0.6 is 0 Å². The highest BCUT2D eigenvalue weighted by Gasteiger charge is 2.26. The predicted molar refractivity (Wildman–Crippen MR) is 86.9 cm³/mol. The number of carboxylic acids is 1. The van der Waals surface area contributed by atoms with Crippen molar-refractivity contribution in [2.45, 2.75) is 57.5 Å². The van der Waals surface area contributed by atoms with E-state index in [-0.39, 0.29) is 16.5 Å². The molecular formula is C15H24N2O4S. The molecule has 0 radical (unpaired) electrons. The summed E-state index contributed by atoms with van der Waals surface area (Å²) in [7, 11) is -3.83. The summed E-state index contributed by atoms with van der Waals surface area (Å²) in [5.74, 6) is -1.16. The molecule has 1 rings (SSSR count). The molecule has 1 aromatic carbocycles. The first-order chi connectivity index (χ1) is 9.96. The fourth-order valence-corrected chi connectivity index (χ4v) is 3.44. The average molecular weight is 328 g/mol. The summed E-state index contributed by atoms with van der Waals surface area (Å²) in [5.41, 5.74) is -0.328. The second-order valence-electron chi connectivity index (χ2n) is 6.33. The van der Waals surface area contributed by atoms with E-state index in [1.165, 1.54) is 18.2 Å². The van der Waals surface area contributed by atoms with Gasteiger partial charge in [0.15, 0.2) is 0 Å². The minimum absolute atomic E-state index is 0.0531. The first-order valence-corrected chi connectivity index (χ1v) is 8.62. The minimum Gasteiger partial charge on any atom is -0.478 e. The highest BCUT2D eigenvalue weighted by Crippen LogP contribution is 2.25. The first kappa shape index (κ1) is 18.4. The zero-order chi connectivity index (χ0) is 17.1. The highest BCUT2D eigenvalue weighted by atomic mass is 32.2. The normalized spacial score (nSPS) is 13.7. The van der Waals surface area contributed by atoms with Crippen LogP contribution in [0.5, 0.6) is 0 Å². The van der Waals surface area contributed by atoms with Crippen LogP contribution in [0.1, 0.15) is 51.4 Å². The van der Waals surface area contributed by atoms with Gasteiger partial charge < -0.3 is 10.4 Å². The Bertz CT molecular complexity index is 648. The number of carboxylic acid groups (broad SMARTS) is 1. The van der Waals surface area contributed by atoms with E-state index in [0.717, 1.165) is 6.42 Å². The monoisotopic (exact) mass is 328 g/mol. The Kier molecular flexibility index (Phi) is 5.59. The lowest BCUT2D eigenvalue weighted by molar-refractivity contribution is 0.0696. The van der Waals surface area contributed by atoms with Crippen LogP contribution in [0, 0.1) is 0 Å². The van der Waals surface area contributed by atoms with Crippen molar-refractivity contribution in [2.75, 3.05) is 5.32 Å². The van der Waals surface area contributed by atoms with Gasteiger partial charge in [-0.3, -0.25) is 0 Å². The Labute approximate surface area is 132 Å². The number of hydrogen-bond acceptors (Lipinski definition) is 4. The molecule has 1 aromatic rings. The van der Waals surface area contributed by atoms with Crippen LogP contribution < -0.4 is 10.0 Å². The Balaban J connectivity index is 3.39. The van der Waals surface area contributed by atoms with Gasteiger partial charge in [0.1, 0.15) is 4.90 Å². The fraction of sp³-hybridized carbons (Fsp3) is 0.533. The third kappa shape index (κ3) is 4.99. The molecule has 22 heavy (non-hydrogen) atoms. The van der Waals surface area contributed by atoms with Gasteiger partial charge in [-0.05, 0) is 52.3 Å². The van der Waals surface area contributed by atoms with Crippen molar-refractivity contribution < 1.29 is 18.3 Å². The summed E-state index contributed by atoms with van der Waals surface area (Å²) >= 11 is 0. The molecule has 0 amide bonds. The zero-order valence-corrected chi connectivity index (χ0v) is 14.4. The number of nitrogens with one attached hydrogen (secondary N) is 2. The van der Waals surface area contributed by atoms with Crippen LogP contribution in [0.2, 0.25) is 0 Å². The third-order valence-corrected chi connectivity index (χ3v) is 4.77. The van der Waals surface area contributed by atoms with E-state index in [2.05, 4.69) is 10.0 Å². The molecule has 3 N–H and O–H groups in total. The van der Waals surface area contributed by atoms with Crippen molar-refractivity contribution in [3.63, 3.8) is 0 Å². The maximum absolute atomic E-state index is 12.6. The summed E-state index contributed by atoms with van der Waals surface area (Å²) in [5, 5.41) is 12.2. The van der Waals surface area contributed by atoms with Crippen molar-refractivity contribution in [3.05, 3.63) is 23.8 Å². The number of hydrogen-bond donors (Lipinski definition) is 3. The zero-order valence-electron chi connectivity index (χ0n) is 13.6. The minimum atomic E-state index is -3.83. The summed E-state index contributed by atoms with van der Waals surface area (Å²) in [4.78, 5) is 11.1. The topological polar surface area (TPSA) is 95.5 Å². The van der Waals surface area contributed by atoms with E-state index in [9.17, 15) is 13.2 Å². The van der Waals surface area contributed by atoms with Crippen molar-refractivity contribution in [3.8, 4) is 0 Å². The number of benzene rings is 1. The standard InChI is InChI=1S/C15H24N2O4S/c1-6-10(2)16-12-8-7-11(14(18)19)9-13(12)22(20,21)17-15(3,4)5/h7-10,16-17H,6H2,1-5H3,(H,18,19). The fourth-order valence-electron chi connectivity index (χ4n) is 1.82. The summed E-state index contributed by atoms with van der Waals surface area (Å²) in [6.45, 7) is 9.09. The largest absolute Gasteiger partial charge is 0.478 e. The number of carbonyl (C=O) groups is 1. The lowest BCUT2D eigenvalue weighted by Crippen LogP contribution is -2.40. The Morgan fingerprint density at radius 1 is 1.32 bits per heavy atom. The molecular weight excluding hydrogens is 304 g/mol. The van der Waals surface area contributed by atoms with Gasteiger partial charge in [0.2, 0.25) is 10.0 Å². The SMILES string of the molecule is CCC(C)Nc1ccc(C(=O)O)cc1S(=O)(=O)NC(C)(C)C.